The zero-order valence-corrected chi connectivity index (χ0v) is 30.9. The standard InChI is InChI=1S/C56H31N/c57-31-32-15-17-34(18-16-32)38-23-25-48-47-14-6-12-45-39(24-26-49(56(45)47)46-13-5-11-44(38)55(46)48)35-21-22-43-51(28-35)41-9-3-4-10-42(41)53-30-50-37(29-52(43)53)27-36-20-19-33-7-1-2-8-40(33)54(36)50/h1-26,28-30H,27H2. The molecule has 0 spiro atoms. The van der Waals surface area contributed by atoms with Crippen molar-refractivity contribution in [2.75, 3.05) is 0 Å². The van der Waals surface area contributed by atoms with Crippen LogP contribution in [0.25, 0.3) is 120 Å². The van der Waals surface area contributed by atoms with E-state index < -0.39 is 0 Å². The molecule has 0 saturated heterocycles. The summed E-state index contributed by atoms with van der Waals surface area (Å²) in [5, 5.41) is 30.1. The Morgan fingerprint density at radius 2 is 0.860 bits per heavy atom. The maximum Gasteiger partial charge on any atom is 0.0991 e. The molecule has 0 radical (unpaired) electrons. The van der Waals surface area contributed by atoms with Gasteiger partial charge in [0.1, 0.15) is 0 Å². The molecule has 0 amide bonds. The molecule has 57 heavy (non-hydrogen) atoms. The van der Waals surface area contributed by atoms with Crippen LogP contribution in [0.5, 0.6) is 0 Å². The Labute approximate surface area is 328 Å². The van der Waals surface area contributed by atoms with E-state index in [2.05, 4.69) is 170 Å². The van der Waals surface area contributed by atoms with Crippen molar-refractivity contribution in [1.29, 1.82) is 5.26 Å². The zero-order valence-electron chi connectivity index (χ0n) is 30.9. The van der Waals surface area contributed by atoms with Crippen LogP contribution in [0.4, 0.5) is 0 Å². The average molecular weight is 718 g/mol. The van der Waals surface area contributed by atoms with Crippen LogP contribution < -0.4 is 0 Å². The van der Waals surface area contributed by atoms with Crippen molar-refractivity contribution < 1.29 is 0 Å². The lowest BCUT2D eigenvalue weighted by molar-refractivity contribution is 1.27. The molecule has 0 unspecified atom stereocenters. The lowest BCUT2D eigenvalue weighted by Crippen LogP contribution is -1.91. The molecule has 1 aliphatic rings. The quantitative estimate of drug-likeness (QED) is 0.129. The number of hydrogen-bond acceptors (Lipinski definition) is 1. The van der Waals surface area contributed by atoms with Crippen molar-refractivity contribution in [2.45, 2.75) is 6.42 Å². The molecule has 1 aliphatic carbocycles. The molecule has 0 heterocycles. The topological polar surface area (TPSA) is 23.8 Å². The lowest BCUT2D eigenvalue weighted by Gasteiger charge is -2.19. The third-order valence-electron chi connectivity index (χ3n) is 13.0. The van der Waals surface area contributed by atoms with Gasteiger partial charge < -0.3 is 0 Å². The molecule has 0 saturated carbocycles. The van der Waals surface area contributed by atoms with E-state index in [1.54, 1.807) is 0 Å². The van der Waals surface area contributed by atoms with Crippen LogP contribution in [0, 0.1) is 11.3 Å². The Hall–Kier alpha value is -7.53. The second-order valence-electron chi connectivity index (χ2n) is 15.8. The minimum atomic E-state index is 0.675. The van der Waals surface area contributed by atoms with E-state index in [1.807, 2.05) is 12.1 Å². The highest BCUT2D eigenvalue weighted by atomic mass is 14.3. The normalized spacial score (nSPS) is 12.5. The molecule has 13 rings (SSSR count). The summed E-state index contributed by atoms with van der Waals surface area (Å²) in [4.78, 5) is 0. The Balaban J connectivity index is 1.03. The van der Waals surface area contributed by atoms with E-state index in [0.29, 0.717) is 5.56 Å². The number of rotatable bonds is 2. The Morgan fingerprint density at radius 3 is 1.56 bits per heavy atom. The summed E-state index contributed by atoms with van der Waals surface area (Å²) < 4.78 is 0. The van der Waals surface area contributed by atoms with Gasteiger partial charge in [-0.2, -0.15) is 5.26 Å². The Bertz CT molecular complexity index is 3750. The highest BCUT2D eigenvalue weighted by molar-refractivity contribution is 6.35. The Kier molecular flexibility index (Phi) is 6.08. The van der Waals surface area contributed by atoms with Gasteiger partial charge in [-0.3, -0.25) is 0 Å². The van der Waals surface area contributed by atoms with Gasteiger partial charge in [-0.25, -0.2) is 0 Å². The fourth-order valence-corrected chi connectivity index (χ4v) is 10.5. The van der Waals surface area contributed by atoms with Gasteiger partial charge in [0.05, 0.1) is 11.6 Å². The molecular formula is C56H31N. The van der Waals surface area contributed by atoms with Crippen molar-refractivity contribution in [3.8, 4) is 39.4 Å². The molecule has 0 aromatic heterocycles. The van der Waals surface area contributed by atoms with Crippen LogP contribution in [-0.4, -0.2) is 0 Å². The molecule has 12 aromatic carbocycles. The summed E-state index contributed by atoms with van der Waals surface area (Å²) in [5.41, 5.74) is 11.1. The molecular weight excluding hydrogens is 687 g/mol. The summed E-state index contributed by atoms with van der Waals surface area (Å²) in [6.07, 6.45) is 0.964. The summed E-state index contributed by atoms with van der Waals surface area (Å²) in [7, 11) is 0. The van der Waals surface area contributed by atoms with Crippen LogP contribution in [0.3, 0.4) is 0 Å². The molecule has 1 heteroatoms. The lowest BCUT2D eigenvalue weighted by atomic mass is 9.84. The molecule has 0 atom stereocenters. The van der Waals surface area contributed by atoms with E-state index >= 15 is 0 Å². The minimum absolute atomic E-state index is 0.675. The molecule has 0 aliphatic heterocycles. The molecule has 0 bridgehead atoms. The smallest absolute Gasteiger partial charge is 0.0991 e. The highest BCUT2D eigenvalue weighted by Crippen LogP contribution is 2.48. The van der Waals surface area contributed by atoms with Crippen LogP contribution in [0.1, 0.15) is 16.7 Å². The van der Waals surface area contributed by atoms with Crippen molar-refractivity contribution in [3.63, 3.8) is 0 Å². The molecule has 0 fully saturated rings. The van der Waals surface area contributed by atoms with Crippen LogP contribution in [0.15, 0.2) is 176 Å². The number of benzene rings is 12. The molecule has 260 valence electrons. The predicted molar refractivity (Wildman–Crippen MR) is 242 cm³/mol. The summed E-state index contributed by atoms with van der Waals surface area (Å²) in [6, 6.07) is 67.5. The van der Waals surface area contributed by atoms with Gasteiger partial charge in [0.25, 0.3) is 0 Å². The van der Waals surface area contributed by atoms with Crippen LogP contribution in [0.2, 0.25) is 0 Å². The van der Waals surface area contributed by atoms with Gasteiger partial charge in [-0.05, 0) is 167 Å². The van der Waals surface area contributed by atoms with E-state index in [1.165, 1.54) is 125 Å². The molecule has 1 nitrogen and oxygen atoms in total. The first-order chi connectivity index (χ1) is 28.2. The minimum Gasteiger partial charge on any atom is -0.192 e. The van der Waals surface area contributed by atoms with Gasteiger partial charge in [-0.1, -0.05) is 146 Å². The largest absolute Gasteiger partial charge is 0.192 e. The first kappa shape index (κ1) is 30.8. The highest BCUT2D eigenvalue weighted by Gasteiger charge is 2.23. The van der Waals surface area contributed by atoms with E-state index in [-0.39, 0.29) is 0 Å². The van der Waals surface area contributed by atoms with Crippen molar-refractivity contribution in [3.05, 3.63) is 193 Å². The zero-order chi connectivity index (χ0) is 37.4. The first-order valence-electron chi connectivity index (χ1n) is 19.8. The maximum atomic E-state index is 9.40. The van der Waals surface area contributed by atoms with Gasteiger partial charge in [0.2, 0.25) is 0 Å². The summed E-state index contributed by atoms with van der Waals surface area (Å²) in [5.74, 6) is 0. The number of hydrogen-bond donors (Lipinski definition) is 0. The number of fused-ring (bicyclic) bond motifs is 13. The summed E-state index contributed by atoms with van der Waals surface area (Å²) >= 11 is 0. The SMILES string of the molecule is N#Cc1ccc(-c2ccc3c4cccc5c(-c6ccc7c(c6)c6ccccc6c6cc8c(cc76)Cc6ccc7ccccc7c6-8)ccc(c6cccc2c36)c54)cc1. The van der Waals surface area contributed by atoms with Crippen molar-refractivity contribution >= 4 is 86.2 Å². The molecule has 0 N–H and O–H groups in total. The van der Waals surface area contributed by atoms with Crippen molar-refractivity contribution in [2.24, 2.45) is 0 Å². The second-order valence-corrected chi connectivity index (χ2v) is 15.8. The third kappa shape index (κ3) is 4.17. The van der Waals surface area contributed by atoms with Crippen LogP contribution in [-0.2, 0) is 6.42 Å². The van der Waals surface area contributed by atoms with Gasteiger partial charge >= 0.3 is 0 Å². The second kappa shape index (κ2) is 11.3. The maximum absolute atomic E-state index is 9.40. The van der Waals surface area contributed by atoms with Gasteiger partial charge in [-0.15, -0.1) is 0 Å². The fraction of sp³-hybridized carbons (Fsp3) is 0.0179. The average Bonchev–Trinajstić information content (AvgIpc) is 3.65. The van der Waals surface area contributed by atoms with Gasteiger partial charge in [0, 0.05) is 0 Å². The van der Waals surface area contributed by atoms with E-state index in [4.69, 9.17) is 0 Å². The molecule has 12 aromatic rings. The third-order valence-corrected chi connectivity index (χ3v) is 13.0. The van der Waals surface area contributed by atoms with Crippen molar-refractivity contribution in [1.82, 2.24) is 0 Å². The van der Waals surface area contributed by atoms with E-state index in [9.17, 15) is 5.26 Å². The first-order valence-corrected chi connectivity index (χ1v) is 19.8. The number of nitriles is 1. The van der Waals surface area contributed by atoms with Crippen LogP contribution >= 0.6 is 0 Å². The Morgan fingerprint density at radius 1 is 0.333 bits per heavy atom. The monoisotopic (exact) mass is 717 g/mol. The van der Waals surface area contributed by atoms with Gasteiger partial charge in [0.15, 0.2) is 0 Å². The fourth-order valence-electron chi connectivity index (χ4n) is 10.5. The summed E-state index contributed by atoms with van der Waals surface area (Å²) in [6.45, 7) is 0. The number of nitrogens with zero attached hydrogens (tertiary/aromatic N) is 1. The predicted octanol–water partition coefficient (Wildman–Crippen LogP) is 15.1. The van der Waals surface area contributed by atoms with E-state index in [0.717, 1.165) is 12.0 Å².